The Morgan fingerprint density at radius 3 is 2.57 bits per heavy atom. The Hall–Kier alpha value is -4.88. The van der Waals surface area contributed by atoms with Crippen molar-refractivity contribution in [3.05, 3.63) is 71.5 Å². The predicted molar refractivity (Wildman–Crippen MR) is 256 cm³/mol. The molecular weight excluding hydrogens is 881 g/mol. The lowest BCUT2D eigenvalue weighted by Gasteiger charge is -2.52. The number of hydrazine groups is 1. The number of fused-ring (bicyclic) bond motifs is 8. The third-order valence-electron chi connectivity index (χ3n) is 15.1. The molecular formula is C51H63N6O8Si2. The second-order valence-electron chi connectivity index (χ2n) is 20.7. The number of phenols is 1. The van der Waals surface area contributed by atoms with Gasteiger partial charge in [0.05, 0.1) is 64.1 Å². The summed E-state index contributed by atoms with van der Waals surface area (Å²) >= 11 is 0. The summed E-state index contributed by atoms with van der Waals surface area (Å²) in [5.41, 5.74) is 8.60. The largest absolute Gasteiger partial charge is 0.508 e. The van der Waals surface area contributed by atoms with Crippen LogP contribution in [0.25, 0.3) is 33.3 Å². The van der Waals surface area contributed by atoms with Crippen LogP contribution >= 0.6 is 0 Å². The number of rotatable bonds is 9. The Morgan fingerprint density at radius 1 is 1.10 bits per heavy atom. The molecule has 4 aromatic rings. The molecule has 2 N–H and O–H groups in total. The highest BCUT2D eigenvalue weighted by Crippen LogP contribution is 2.77. The van der Waals surface area contributed by atoms with Crippen molar-refractivity contribution in [2.45, 2.75) is 108 Å². The first-order chi connectivity index (χ1) is 31.8. The van der Waals surface area contributed by atoms with Gasteiger partial charge >= 0.3 is 12.0 Å². The fraction of sp³-hybridized carbons (Fsp3) is 0.549. The average Bonchev–Trinajstić information content (AvgIpc) is 3.94. The molecule has 4 fully saturated rings. The van der Waals surface area contributed by atoms with Gasteiger partial charge in [0, 0.05) is 77.9 Å². The number of nitrogens with one attached hydrogen (secondary N) is 1. The van der Waals surface area contributed by atoms with Crippen LogP contribution in [0.5, 0.6) is 5.75 Å². The molecule has 7 atom stereocenters. The number of cyclic esters (lactones) is 1. The van der Waals surface area contributed by atoms with Gasteiger partial charge in [-0.1, -0.05) is 39.8 Å². The minimum Gasteiger partial charge on any atom is -0.508 e. The Kier molecular flexibility index (Phi) is 12.4. The molecule has 2 aromatic carbocycles. The summed E-state index contributed by atoms with van der Waals surface area (Å²) in [4.78, 5) is 67.0. The van der Waals surface area contributed by atoms with Crippen molar-refractivity contribution in [1.29, 1.82) is 0 Å². The third-order valence-corrected chi connectivity index (χ3v) is 17.4. The molecule has 67 heavy (non-hydrogen) atoms. The number of esters is 1. The van der Waals surface area contributed by atoms with Crippen LogP contribution in [0, 0.1) is 22.7 Å². The third kappa shape index (κ3) is 8.13. The number of nitrogens with zero attached hydrogens (tertiary/aromatic N) is 5. The highest BCUT2D eigenvalue weighted by atomic mass is 28.2. The van der Waals surface area contributed by atoms with Gasteiger partial charge < -0.3 is 33.7 Å². The summed E-state index contributed by atoms with van der Waals surface area (Å²) in [7, 11) is 9.21. The molecule has 2 aromatic heterocycles. The molecule has 9 rings (SSSR count). The van der Waals surface area contributed by atoms with Gasteiger partial charge in [0.2, 0.25) is 5.91 Å². The number of methoxy groups -OCH3 is 2. The minimum absolute atomic E-state index is 0.00893. The first kappa shape index (κ1) is 47.2. The number of aromatic nitrogens is 2. The number of ether oxygens (including phenoxy) is 3. The van der Waals surface area contributed by atoms with E-state index in [2.05, 4.69) is 65.3 Å². The number of hydrogen-bond donors (Lipinski definition) is 2. The topological polar surface area (TPSA) is 156 Å². The molecule has 5 radical (unpaired) electrons. The predicted octanol–water partition coefficient (Wildman–Crippen LogP) is 6.13. The van der Waals surface area contributed by atoms with Crippen LogP contribution < -0.4 is 5.43 Å². The van der Waals surface area contributed by atoms with Crippen LogP contribution in [0.3, 0.4) is 0 Å². The van der Waals surface area contributed by atoms with Crippen molar-refractivity contribution in [3.8, 4) is 28.1 Å². The number of ketones is 1. The molecule has 1 saturated carbocycles. The Bertz CT molecular complexity index is 2630. The van der Waals surface area contributed by atoms with Gasteiger partial charge in [-0.15, -0.1) is 0 Å². The number of carbonyl (C=O) groups excluding carboxylic acids is 4. The number of hydrogen-bond acceptors (Lipinski definition) is 10. The molecule has 1 aliphatic carbocycles. The van der Waals surface area contributed by atoms with E-state index in [0.717, 1.165) is 50.1 Å². The summed E-state index contributed by atoms with van der Waals surface area (Å²) < 4.78 is 19.9. The van der Waals surface area contributed by atoms with Gasteiger partial charge in [0.25, 0.3) is 0 Å². The van der Waals surface area contributed by atoms with Gasteiger partial charge in [0.1, 0.15) is 11.8 Å². The molecule has 3 amide bonds. The van der Waals surface area contributed by atoms with Crippen molar-refractivity contribution >= 4 is 54.4 Å². The molecule has 4 aliphatic heterocycles. The lowest BCUT2D eigenvalue weighted by molar-refractivity contribution is -0.166. The zero-order chi connectivity index (χ0) is 47.9. The first-order valence-electron chi connectivity index (χ1n) is 23.7. The fourth-order valence-corrected chi connectivity index (χ4v) is 13.9. The number of pyridine rings is 1. The van der Waals surface area contributed by atoms with E-state index in [1.54, 1.807) is 54.4 Å². The second kappa shape index (κ2) is 17.6. The maximum Gasteiger partial charge on any atom is 0.324 e. The molecule has 6 bridgehead atoms. The molecule has 5 aliphatic rings. The standard InChI is InChI=1S/C51H63N6O8Si2/c1-10-56-38-16-15-30-22-35(38)36(41(56)34-13-11-17-52-44(34)50(6,66)64-9)24-49(4,5)27-65-46(60)37-14-12-18-57(53-37)47(61)51(23-29-19-31(30)21-32(58)20-29)39(43-45(51)67-43)42(59)40(28(2)3)54(7)48(62)55-25-33(26-55)63-8/h11,13,15-17,19-22,28,33,37,39-40,43,45,53,58H,10,12,14,18,23-27H2,1-9H3/t37-,39?,40-,43?,45?,50+,51+/m0/s1. The second-order valence-corrected chi connectivity index (χ2v) is 23.2. The number of Topliss-reactive ketones (excluding diaryl/α,β-unsaturated/α-hetero) is 1. The van der Waals surface area contributed by atoms with Gasteiger partial charge in [-0.3, -0.25) is 24.4 Å². The lowest BCUT2D eigenvalue weighted by atomic mass is 9.54. The molecule has 353 valence electrons. The molecule has 14 nitrogen and oxygen atoms in total. The van der Waals surface area contributed by atoms with Crippen molar-refractivity contribution in [1.82, 2.24) is 29.8 Å². The van der Waals surface area contributed by atoms with Crippen LogP contribution in [0.1, 0.15) is 71.2 Å². The van der Waals surface area contributed by atoms with Gasteiger partial charge in [-0.25, -0.2) is 10.2 Å². The van der Waals surface area contributed by atoms with E-state index in [1.165, 1.54) is 0 Å². The molecule has 3 unspecified atom stereocenters. The van der Waals surface area contributed by atoms with E-state index in [1.807, 2.05) is 32.9 Å². The molecule has 16 heteroatoms. The first-order valence-corrected chi connectivity index (χ1v) is 25.3. The number of aryl methyl sites for hydroxylation is 1. The van der Waals surface area contributed by atoms with E-state index in [4.69, 9.17) is 19.2 Å². The van der Waals surface area contributed by atoms with Gasteiger partial charge in [0.15, 0.2) is 5.78 Å². The number of urea groups is 1. The van der Waals surface area contributed by atoms with Crippen LogP contribution in [0.15, 0.2) is 54.7 Å². The van der Waals surface area contributed by atoms with Crippen molar-refractivity contribution in [2.24, 2.45) is 22.7 Å². The Morgan fingerprint density at radius 2 is 1.87 bits per heavy atom. The summed E-state index contributed by atoms with van der Waals surface area (Å²) in [5.74, 6) is -1.64. The number of likely N-dealkylation sites (tertiary alicyclic amines) is 1. The summed E-state index contributed by atoms with van der Waals surface area (Å²) in [6.45, 7) is 14.2. The van der Waals surface area contributed by atoms with Crippen molar-refractivity contribution in [3.63, 3.8) is 0 Å². The normalized spacial score (nSPS) is 26.3. The SMILES string of the molecule is CCn1c(-c2cccnc2[C@@](C)([Si])OC)c2c3cc(ccc31)-c1cc(O)cc(c1)C[C@]1(C(=O)N3CCC[C@H](N3)C(=O)OCC(C)(C)C2)C2[Si]C2C1C(=O)[C@H](C(C)C)N(C)C(=O)N1CC(OC)C1. The van der Waals surface area contributed by atoms with Crippen LogP contribution in [0.4, 0.5) is 4.79 Å². The van der Waals surface area contributed by atoms with E-state index in [0.29, 0.717) is 55.0 Å². The number of likely N-dealkylation sites (N-methyl/N-ethyl adjacent to an activating group) is 1. The van der Waals surface area contributed by atoms with E-state index >= 15 is 9.59 Å². The van der Waals surface area contributed by atoms with Crippen molar-refractivity contribution < 1.29 is 38.5 Å². The average molecular weight is 944 g/mol. The Balaban J connectivity index is 1.18. The van der Waals surface area contributed by atoms with Crippen LogP contribution in [0.2, 0.25) is 11.1 Å². The molecule has 1 spiro atoms. The minimum atomic E-state index is -1.18. The number of benzene rings is 2. The Labute approximate surface area is 399 Å². The number of aromatic hydroxyl groups is 1. The van der Waals surface area contributed by atoms with E-state index in [-0.39, 0.29) is 59.6 Å². The summed E-state index contributed by atoms with van der Waals surface area (Å²) in [6.07, 6.45) is 3.51. The lowest BCUT2D eigenvalue weighted by Crippen LogP contribution is -2.65. The number of phenolic OH excluding ortho intramolecular Hbond substituents is 1. The number of amides is 3. The fourth-order valence-electron chi connectivity index (χ4n) is 11.6. The van der Waals surface area contributed by atoms with Gasteiger partial charge in [-0.05, 0) is 115 Å². The zero-order valence-electron chi connectivity index (χ0n) is 40.1. The smallest absolute Gasteiger partial charge is 0.324 e. The number of carbonyl (C=O) groups is 4. The highest BCUT2D eigenvalue weighted by Gasteiger charge is 2.77. The van der Waals surface area contributed by atoms with E-state index < -0.39 is 40.0 Å². The molecule has 6 heterocycles. The van der Waals surface area contributed by atoms with Gasteiger partial charge in [-0.2, -0.15) is 0 Å². The van der Waals surface area contributed by atoms with E-state index in [9.17, 15) is 14.7 Å². The maximum absolute atomic E-state index is 15.5. The van der Waals surface area contributed by atoms with Crippen molar-refractivity contribution in [2.75, 3.05) is 47.5 Å². The maximum atomic E-state index is 15.5. The monoisotopic (exact) mass is 943 g/mol. The quantitative estimate of drug-likeness (QED) is 0.148. The molecule has 3 saturated heterocycles. The highest BCUT2D eigenvalue weighted by molar-refractivity contribution is 6.58. The summed E-state index contributed by atoms with van der Waals surface area (Å²) in [6, 6.07) is 14.1. The van der Waals surface area contributed by atoms with Crippen LogP contribution in [-0.2, 0) is 53.2 Å². The van der Waals surface area contributed by atoms with Crippen LogP contribution in [-0.4, -0.2) is 139 Å². The summed E-state index contributed by atoms with van der Waals surface area (Å²) in [5, 5.41) is 13.3. The zero-order valence-corrected chi connectivity index (χ0v) is 42.1.